The third kappa shape index (κ3) is 3.64. The van der Waals surface area contributed by atoms with Crippen LogP contribution >= 0.6 is 0 Å². The van der Waals surface area contributed by atoms with Gasteiger partial charge in [0.2, 0.25) is 9.84 Å². The number of hydrogen-bond donors (Lipinski definition) is 1. The number of rotatable bonds is 5. The lowest BCUT2D eigenvalue weighted by molar-refractivity contribution is 0.231. The van der Waals surface area contributed by atoms with Crippen molar-refractivity contribution in [3.05, 3.63) is 60.0 Å². The van der Waals surface area contributed by atoms with Crippen LogP contribution in [0.2, 0.25) is 0 Å². The van der Waals surface area contributed by atoms with E-state index in [4.69, 9.17) is 0 Å². The van der Waals surface area contributed by atoms with Crippen LogP contribution in [-0.2, 0) is 16.3 Å². The summed E-state index contributed by atoms with van der Waals surface area (Å²) in [5.74, 6) is -0.554. The summed E-state index contributed by atoms with van der Waals surface area (Å²) in [6.45, 7) is 3.14. The van der Waals surface area contributed by atoms with Crippen LogP contribution in [0.3, 0.4) is 0 Å². The molecule has 2 heterocycles. The quantitative estimate of drug-likeness (QED) is 0.716. The Hall–Kier alpha value is -2.18. The highest BCUT2D eigenvalue weighted by Gasteiger charge is 2.24. The first-order valence-corrected chi connectivity index (χ1v) is 10.9. The van der Waals surface area contributed by atoms with Crippen LogP contribution in [0.15, 0.2) is 58.5 Å². The molecule has 0 spiro atoms. The Kier molecular flexibility index (Phi) is 5.02. The van der Waals surface area contributed by atoms with Crippen molar-refractivity contribution >= 4 is 20.7 Å². The molecule has 3 aromatic rings. The van der Waals surface area contributed by atoms with Gasteiger partial charge in [0.1, 0.15) is 5.82 Å². The number of sulfone groups is 1. The van der Waals surface area contributed by atoms with E-state index < -0.39 is 15.7 Å². The van der Waals surface area contributed by atoms with Crippen molar-refractivity contribution in [1.82, 2.24) is 9.88 Å². The maximum atomic E-state index is 13.6. The Morgan fingerprint density at radius 3 is 2.59 bits per heavy atom. The molecule has 1 aromatic heterocycles. The number of piperidine rings is 1. The van der Waals surface area contributed by atoms with Crippen LogP contribution < -0.4 is 0 Å². The summed E-state index contributed by atoms with van der Waals surface area (Å²) in [6.07, 6.45) is 6.07. The van der Waals surface area contributed by atoms with Crippen molar-refractivity contribution in [3.8, 4) is 0 Å². The molecule has 0 aliphatic carbocycles. The zero-order valence-electron chi connectivity index (χ0n) is 15.1. The van der Waals surface area contributed by atoms with Crippen LogP contribution in [-0.4, -0.2) is 37.9 Å². The number of H-pyrrole nitrogens is 1. The number of aromatic nitrogens is 1. The van der Waals surface area contributed by atoms with E-state index in [0.29, 0.717) is 0 Å². The fraction of sp³-hybridized carbons (Fsp3) is 0.333. The molecule has 0 saturated carbocycles. The van der Waals surface area contributed by atoms with Crippen molar-refractivity contribution in [2.24, 2.45) is 0 Å². The van der Waals surface area contributed by atoms with E-state index >= 15 is 0 Å². The van der Waals surface area contributed by atoms with Gasteiger partial charge in [-0.15, -0.1) is 0 Å². The van der Waals surface area contributed by atoms with Gasteiger partial charge < -0.3 is 9.88 Å². The number of halogens is 1. The molecule has 142 valence electrons. The minimum Gasteiger partial charge on any atom is -0.360 e. The average Bonchev–Trinajstić information content (AvgIpc) is 3.13. The molecule has 27 heavy (non-hydrogen) atoms. The number of benzene rings is 2. The van der Waals surface area contributed by atoms with Crippen molar-refractivity contribution in [2.75, 3.05) is 19.6 Å². The Morgan fingerprint density at radius 1 is 1.04 bits per heavy atom. The molecule has 0 amide bonds. The second-order valence-electron chi connectivity index (χ2n) is 7.11. The van der Waals surface area contributed by atoms with Crippen molar-refractivity contribution in [1.29, 1.82) is 0 Å². The molecule has 1 N–H and O–H groups in total. The third-order valence-corrected chi connectivity index (χ3v) is 7.07. The largest absolute Gasteiger partial charge is 0.360 e. The number of nitrogens with one attached hydrogen (secondary N) is 1. The number of hydrogen-bond acceptors (Lipinski definition) is 3. The maximum Gasteiger partial charge on any atom is 0.208 e. The fourth-order valence-electron chi connectivity index (χ4n) is 3.87. The summed E-state index contributed by atoms with van der Waals surface area (Å²) in [6, 6.07) is 11.0. The van der Waals surface area contributed by atoms with Crippen molar-refractivity contribution < 1.29 is 12.8 Å². The van der Waals surface area contributed by atoms with E-state index in [1.807, 2.05) is 18.2 Å². The molecule has 1 aliphatic rings. The lowest BCUT2D eigenvalue weighted by Gasteiger charge is -2.26. The van der Waals surface area contributed by atoms with Crippen LogP contribution in [0.4, 0.5) is 4.39 Å². The van der Waals surface area contributed by atoms with E-state index in [9.17, 15) is 12.8 Å². The van der Waals surface area contributed by atoms with E-state index in [-0.39, 0.29) is 9.79 Å². The normalized spacial score (nSPS) is 16.0. The maximum absolute atomic E-state index is 13.6. The highest BCUT2D eigenvalue weighted by atomic mass is 32.2. The zero-order chi connectivity index (χ0) is 18.9. The molecule has 6 heteroatoms. The molecule has 2 aromatic carbocycles. The first-order valence-electron chi connectivity index (χ1n) is 9.38. The first-order chi connectivity index (χ1) is 13.1. The van der Waals surface area contributed by atoms with Crippen LogP contribution in [0, 0.1) is 5.82 Å². The molecule has 1 fully saturated rings. The predicted molar refractivity (Wildman–Crippen MR) is 104 cm³/mol. The molecule has 1 saturated heterocycles. The van der Waals surface area contributed by atoms with Gasteiger partial charge in [-0.3, -0.25) is 0 Å². The van der Waals surface area contributed by atoms with Gasteiger partial charge >= 0.3 is 0 Å². The fourth-order valence-corrected chi connectivity index (χ4v) is 5.37. The number of nitrogens with zero attached hydrogens (tertiary/aromatic N) is 1. The van der Waals surface area contributed by atoms with Crippen molar-refractivity contribution in [2.45, 2.75) is 35.5 Å². The Morgan fingerprint density at radius 2 is 1.81 bits per heavy atom. The van der Waals surface area contributed by atoms with Gasteiger partial charge in [0.05, 0.1) is 9.79 Å². The molecule has 0 radical (unpaired) electrons. The minimum absolute atomic E-state index is 0.0192. The van der Waals surface area contributed by atoms with E-state index in [2.05, 4.69) is 9.88 Å². The highest BCUT2D eigenvalue weighted by Crippen LogP contribution is 2.31. The highest BCUT2D eigenvalue weighted by molar-refractivity contribution is 7.91. The lowest BCUT2D eigenvalue weighted by Crippen LogP contribution is -2.31. The van der Waals surface area contributed by atoms with Gasteiger partial charge in [0.15, 0.2) is 0 Å². The van der Waals surface area contributed by atoms with E-state index in [1.165, 1.54) is 43.7 Å². The topological polar surface area (TPSA) is 53.2 Å². The summed E-state index contributed by atoms with van der Waals surface area (Å²) in [7, 11) is -3.80. The molecule has 0 unspecified atom stereocenters. The second-order valence-corrected chi connectivity index (χ2v) is 9.02. The standard InChI is InChI=1S/C21H23FN2O2S/c22-17-7-5-8-18(14-17)27(25,26)20-15-23-19-9-4-6-16(21(19)20)10-13-24-11-2-1-3-12-24/h4-9,14-15,23H,1-3,10-13H2. The number of fused-ring (bicyclic) bond motifs is 1. The molecule has 4 nitrogen and oxygen atoms in total. The molecule has 0 bridgehead atoms. The van der Waals surface area contributed by atoms with Crippen molar-refractivity contribution in [3.63, 3.8) is 0 Å². The van der Waals surface area contributed by atoms with Crippen LogP contribution in [0.25, 0.3) is 10.9 Å². The summed E-state index contributed by atoms with van der Waals surface area (Å²) in [4.78, 5) is 5.71. The summed E-state index contributed by atoms with van der Waals surface area (Å²) in [5, 5.41) is 0.721. The van der Waals surface area contributed by atoms with Gasteiger partial charge in [0, 0.05) is 23.6 Å². The molecular formula is C21H23FN2O2S. The Balaban J connectivity index is 1.71. The molecule has 1 aliphatic heterocycles. The molecule has 4 rings (SSSR count). The minimum atomic E-state index is -3.80. The smallest absolute Gasteiger partial charge is 0.208 e. The average molecular weight is 386 g/mol. The van der Waals surface area contributed by atoms with E-state index in [0.717, 1.165) is 48.6 Å². The predicted octanol–water partition coefficient (Wildman–Crippen LogP) is 4.17. The summed E-state index contributed by atoms with van der Waals surface area (Å²) in [5.41, 5.74) is 1.80. The van der Waals surface area contributed by atoms with Gasteiger partial charge in [-0.2, -0.15) is 0 Å². The van der Waals surface area contributed by atoms with Gasteiger partial charge in [-0.25, -0.2) is 12.8 Å². The van der Waals surface area contributed by atoms with Gasteiger partial charge in [-0.1, -0.05) is 24.6 Å². The number of aromatic amines is 1. The van der Waals surface area contributed by atoms with E-state index in [1.54, 1.807) is 0 Å². The van der Waals surface area contributed by atoms with Gasteiger partial charge in [-0.05, 0) is 62.2 Å². The summed E-state index contributed by atoms with van der Waals surface area (Å²) < 4.78 is 39.8. The van der Waals surface area contributed by atoms with Crippen LogP contribution in [0.5, 0.6) is 0 Å². The monoisotopic (exact) mass is 386 g/mol. The zero-order valence-corrected chi connectivity index (χ0v) is 15.9. The van der Waals surface area contributed by atoms with Gasteiger partial charge in [0.25, 0.3) is 0 Å². The first kappa shape index (κ1) is 18.2. The Labute approximate surface area is 158 Å². The van der Waals surface area contributed by atoms with Crippen LogP contribution in [0.1, 0.15) is 24.8 Å². The molecular weight excluding hydrogens is 363 g/mol. The lowest BCUT2D eigenvalue weighted by atomic mass is 10.1. The Bertz CT molecular complexity index is 1050. The number of likely N-dealkylation sites (tertiary alicyclic amines) is 1. The third-order valence-electron chi connectivity index (χ3n) is 5.30. The molecule has 0 atom stereocenters. The summed E-state index contributed by atoms with van der Waals surface area (Å²) >= 11 is 0. The second kappa shape index (κ2) is 7.44. The SMILES string of the molecule is O=S(=O)(c1cccc(F)c1)c1c[nH]c2cccc(CCN3CCCCC3)c12.